The van der Waals surface area contributed by atoms with Crippen molar-refractivity contribution in [3.05, 3.63) is 78.1 Å². The van der Waals surface area contributed by atoms with E-state index in [0.29, 0.717) is 18.0 Å². The van der Waals surface area contributed by atoms with E-state index < -0.39 is 6.03 Å². The molecule has 0 bridgehead atoms. The highest BCUT2D eigenvalue weighted by atomic mass is 16.3. The van der Waals surface area contributed by atoms with Gasteiger partial charge in [0.2, 0.25) is 5.91 Å². The number of anilines is 1. The zero-order valence-electron chi connectivity index (χ0n) is 15.4. The lowest BCUT2D eigenvalue weighted by Crippen LogP contribution is -2.41. The summed E-state index contributed by atoms with van der Waals surface area (Å²) in [5.41, 5.74) is 1.45. The van der Waals surface area contributed by atoms with Gasteiger partial charge in [-0.3, -0.25) is 9.59 Å². The van der Waals surface area contributed by atoms with Crippen molar-refractivity contribution in [1.82, 2.24) is 16.0 Å². The summed E-state index contributed by atoms with van der Waals surface area (Å²) in [6, 6.07) is 13.2. The van der Waals surface area contributed by atoms with Crippen LogP contribution in [0.25, 0.3) is 0 Å². The Morgan fingerprint density at radius 1 is 0.793 bits per heavy atom. The molecule has 0 spiro atoms. The van der Waals surface area contributed by atoms with Crippen molar-refractivity contribution in [2.75, 3.05) is 11.9 Å². The maximum Gasteiger partial charge on any atom is 0.315 e. The zero-order valence-corrected chi connectivity index (χ0v) is 15.4. The maximum absolute atomic E-state index is 11.9. The number of furan rings is 2. The Labute approximate surface area is 166 Å². The Hall–Kier alpha value is -4.01. The third kappa shape index (κ3) is 6.28. The normalized spacial score (nSPS) is 10.2. The number of rotatable bonds is 8. The Kier molecular flexibility index (Phi) is 6.66. The number of hydrogen-bond acceptors (Lipinski definition) is 5. The van der Waals surface area contributed by atoms with Crippen molar-refractivity contribution >= 4 is 23.5 Å². The lowest BCUT2D eigenvalue weighted by atomic mass is 10.2. The Morgan fingerprint density at radius 3 is 2.24 bits per heavy atom. The smallest absolute Gasteiger partial charge is 0.315 e. The molecular formula is C20H20N4O5. The molecule has 0 aliphatic carbocycles. The monoisotopic (exact) mass is 396 g/mol. The molecule has 3 aromatic rings. The first-order valence-electron chi connectivity index (χ1n) is 8.85. The van der Waals surface area contributed by atoms with Gasteiger partial charge in [0.1, 0.15) is 5.76 Å². The fourth-order valence-electron chi connectivity index (χ4n) is 2.37. The van der Waals surface area contributed by atoms with Gasteiger partial charge in [-0.25, -0.2) is 4.79 Å². The number of nitrogens with one attached hydrogen (secondary N) is 4. The second kappa shape index (κ2) is 9.79. The molecule has 0 unspecified atom stereocenters. The predicted molar refractivity (Wildman–Crippen MR) is 104 cm³/mol. The molecule has 4 amide bonds. The van der Waals surface area contributed by atoms with Gasteiger partial charge in [-0.15, -0.1) is 0 Å². The fourth-order valence-corrected chi connectivity index (χ4v) is 2.37. The molecule has 29 heavy (non-hydrogen) atoms. The average molecular weight is 396 g/mol. The summed E-state index contributed by atoms with van der Waals surface area (Å²) in [4.78, 5) is 35.4. The molecule has 150 valence electrons. The molecule has 2 heterocycles. The van der Waals surface area contributed by atoms with E-state index in [9.17, 15) is 14.4 Å². The number of benzene rings is 1. The Bertz CT molecular complexity index is 934. The molecule has 0 saturated carbocycles. The molecule has 4 N–H and O–H groups in total. The molecule has 9 nitrogen and oxygen atoms in total. The molecular weight excluding hydrogens is 376 g/mol. The second-order valence-electron chi connectivity index (χ2n) is 6.02. The molecule has 9 heteroatoms. The highest BCUT2D eigenvalue weighted by Crippen LogP contribution is 2.11. The standard InChI is InChI=1S/C20H20N4O5/c25-18(13-23-20(27)22-12-16-3-1-9-28-16)21-11-14-5-7-15(8-6-14)24-19(26)17-4-2-10-29-17/h1-10H,11-13H2,(H,21,25)(H,24,26)(H2,22,23,27). The topological polar surface area (TPSA) is 126 Å². The van der Waals surface area contributed by atoms with Crippen LogP contribution in [0.2, 0.25) is 0 Å². The molecule has 0 aliphatic rings. The van der Waals surface area contributed by atoms with Crippen molar-refractivity contribution in [3.63, 3.8) is 0 Å². The number of carbonyl (C=O) groups excluding carboxylic acids is 3. The van der Waals surface area contributed by atoms with E-state index in [4.69, 9.17) is 8.83 Å². The van der Waals surface area contributed by atoms with E-state index in [0.717, 1.165) is 5.56 Å². The molecule has 0 fully saturated rings. The van der Waals surface area contributed by atoms with Crippen LogP contribution in [0.3, 0.4) is 0 Å². The minimum absolute atomic E-state index is 0.152. The number of urea groups is 1. The van der Waals surface area contributed by atoms with Crippen LogP contribution in [0.15, 0.2) is 69.9 Å². The summed E-state index contributed by atoms with van der Waals surface area (Å²) >= 11 is 0. The van der Waals surface area contributed by atoms with Crippen LogP contribution < -0.4 is 21.3 Å². The Balaban J connectivity index is 1.35. The fraction of sp³-hybridized carbons (Fsp3) is 0.150. The summed E-state index contributed by atoms with van der Waals surface area (Å²) < 4.78 is 10.1. The van der Waals surface area contributed by atoms with Crippen LogP contribution in [0, 0.1) is 0 Å². The van der Waals surface area contributed by atoms with Crippen LogP contribution in [0.1, 0.15) is 21.9 Å². The number of carbonyl (C=O) groups is 3. The maximum atomic E-state index is 11.9. The van der Waals surface area contributed by atoms with Gasteiger partial charge in [0.05, 0.1) is 25.6 Å². The minimum Gasteiger partial charge on any atom is -0.467 e. The lowest BCUT2D eigenvalue weighted by Gasteiger charge is -2.09. The molecule has 0 atom stereocenters. The molecule has 0 radical (unpaired) electrons. The third-order valence-electron chi connectivity index (χ3n) is 3.86. The number of hydrogen-bond donors (Lipinski definition) is 4. The van der Waals surface area contributed by atoms with Gasteiger partial charge in [-0.2, -0.15) is 0 Å². The predicted octanol–water partition coefficient (Wildman–Crippen LogP) is 2.24. The molecule has 0 saturated heterocycles. The first-order chi connectivity index (χ1) is 14.1. The summed E-state index contributed by atoms with van der Waals surface area (Å²) in [5.74, 6) is 0.177. The van der Waals surface area contributed by atoms with Gasteiger partial charge >= 0.3 is 6.03 Å². The van der Waals surface area contributed by atoms with Gasteiger partial charge in [0, 0.05) is 12.2 Å². The van der Waals surface area contributed by atoms with Crippen molar-refractivity contribution in [1.29, 1.82) is 0 Å². The van der Waals surface area contributed by atoms with E-state index in [1.807, 2.05) is 0 Å². The van der Waals surface area contributed by atoms with Gasteiger partial charge in [-0.05, 0) is 42.0 Å². The van der Waals surface area contributed by atoms with Crippen molar-refractivity contribution in [3.8, 4) is 0 Å². The summed E-state index contributed by atoms with van der Waals surface area (Å²) in [6.45, 7) is 0.380. The van der Waals surface area contributed by atoms with Gasteiger partial charge < -0.3 is 30.1 Å². The van der Waals surface area contributed by atoms with Gasteiger partial charge in [-0.1, -0.05) is 12.1 Å². The summed E-state index contributed by atoms with van der Waals surface area (Å²) in [5, 5.41) is 10.5. The molecule has 3 rings (SSSR count). The van der Waals surface area contributed by atoms with Crippen molar-refractivity contribution in [2.45, 2.75) is 13.1 Å². The van der Waals surface area contributed by atoms with Crippen molar-refractivity contribution < 1.29 is 23.2 Å². The quantitative estimate of drug-likeness (QED) is 0.465. The van der Waals surface area contributed by atoms with Crippen LogP contribution >= 0.6 is 0 Å². The second-order valence-corrected chi connectivity index (χ2v) is 6.02. The first kappa shape index (κ1) is 19.7. The van der Waals surface area contributed by atoms with E-state index in [1.165, 1.54) is 12.5 Å². The number of amides is 4. The van der Waals surface area contributed by atoms with E-state index in [-0.39, 0.29) is 30.7 Å². The Morgan fingerprint density at radius 2 is 1.55 bits per heavy atom. The highest BCUT2D eigenvalue weighted by molar-refractivity contribution is 6.02. The average Bonchev–Trinajstić information content (AvgIpc) is 3.44. The van der Waals surface area contributed by atoms with Gasteiger partial charge in [0.25, 0.3) is 5.91 Å². The van der Waals surface area contributed by atoms with Gasteiger partial charge in [0.15, 0.2) is 5.76 Å². The lowest BCUT2D eigenvalue weighted by molar-refractivity contribution is -0.120. The van der Waals surface area contributed by atoms with Crippen LogP contribution in [-0.4, -0.2) is 24.4 Å². The third-order valence-corrected chi connectivity index (χ3v) is 3.86. The first-order valence-corrected chi connectivity index (χ1v) is 8.85. The summed E-state index contributed by atoms with van der Waals surface area (Å²) in [6.07, 6.45) is 2.94. The minimum atomic E-state index is -0.465. The SMILES string of the molecule is O=C(CNC(=O)NCc1ccco1)NCc1ccc(NC(=O)c2ccco2)cc1. The molecule has 0 aliphatic heterocycles. The van der Waals surface area contributed by atoms with Crippen molar-refractivity contribution in [2.24, 2.45) is 0 Å². The molecule has 2 aromatic heterocycles. The summed E-state index contributed by atoms with van der Waals surface area (Å²) in [7, 11) is 0. The van der Waals surface area contributed by atoms with E-state index in [2.05, 4.69) is 21.3 Å². The van der Waals surface area contributed by atoms with E-state index in [1.54, 1.807) is 48.5 Å². The van der Waals surface area contributed by atoms with Crippen LogP contribution in [0.4, 0.5) is 10.5 Å². The highest BCUT2D eigenvalue weighted by Gasteiger charge is 2.09. The largest absolute Gasteiger partial charge is 0.467 e. The molecule has 1 aromatic carbocycles. The van der Waals surface area contributed by atoms with Crippen LogP contribution in [-0.2, 0) is 17.9 Å². The van der Waals surface area contributed by atoms with E-state index >= 15 is 0 Å². The van der Waals surface area contributed by atoms with Crippen LogP contribution in [0.5, 0.6) is 0 Å². The zero-order chi connectivity index (χ0) is 20.5.